The lowest BCUT2D eigenvalue weighted by molar-refractivity contribution is -0.144. The molecule has 1 saturated carbocycles. The zero-order chi connectivity index (χ0) is 22.1. The Labute approximate surface area is 185 Å². The lowest BCUT2D eigenvalue weighted by atomic mass is 9.84. The lowest BCUT2D eigenvalue weighted by Gasteiger charge is -2.29. The number of esters is 1. The van der Waals surface area contributed by atoms with Gasteiger partial charge < -0.3 is 14.3 Å². The van der Waals surface area contributed by atoms with Gasteiger partial charge in [0, 0.05) is 30.2 Å². The number of H-pyrrole nitrogens is 1. The molecule has 4 aromatic rings. The van der Waals surface area contributed by atoms with E-state index in [1.54, 1.807) is 24.0 Å². The van der Waals surface area contributed by atoms with E-state index in [1.165, 1.54) is 0 Å². The van der Waals surface area contributed by atoms with Crippen LogP contribution in [0.4, 0.5) is 0 Å². The molecule has 0 saturated heterocycles. The van der Waals surface area contributed by atoms with Crippen LogP contribution < -0.4 is 0 Å². The van der Waals surface area contributed by atoms with E-state index in [0.717, 1.165) is 59.1 Å². The summed E-state index contributed by atoms with van der Waals surface area (Å²) < 4.78 is 8.95. The van der Waals surface area contributed by atoms with E-state index in [4.69, 9.17) is 15.0 Å². The molecule has 4 aromatic heterocycles. The van der Waals surface area contributed by atoms with Crippen LogP contribution >= 0.6 is 0 Å². The van der Waals surface area contributed by atoms with Crippen molar-refractivity contribution in [2.24, 2.45) is 5.92 Å². The zero-order valence-corrected chi connectivity index (χ0v) is 18.0. The average Bonchev–Trinajstić information content (AvgIpc) is 3.52. The smallest absolute Gasteiger partial charge is 0.327 e. The Balaban J connectivity index is 1.57. The number of carbonyl (C=O) groups is 1. The number of hydrogen-bond donors (Lipinski definition) is 1. The van der Waals surface area contributed by atoms with Crippen molar-refractivity contribution < 1.29 is 9.53 Å². The van der Waals surface area contributed by atoms with Gasteiger partial charge in [-0.05, 0) is 44.6 Å². The molecule has 0 aliphatic heterocycles. The number of rotatable bonds is 6. The normalized spacial score (nSPS) is 18.8. The summed E-state index contributed by atoms with van der Waals surface area (Å²) in [6.07, 6.45) is 12.0. The van der Waals surface area contributed by atoms with Gasteiger partial charge in [0.25, 0.3) is 0 Å². The van der Waals surface area contributed by atoms with E-state index in [1.807, 2.05) is 18.5 Å². The van der Waals surface area contributed by atoms with Crippen molar-refractivity contribution in [3.05, 3.63) is 30.9 Å². The summed E-state index contributed by atoms with van der Waals surface area (Å²) in [6, 6.07) is 4.64. The molecule has 1 aliphatic rings. The van der Waals surface area contributed by atoms with Crippen LogP contribution in [0.2, 0.25) is 0 Å². The fraction of sp³-hybridized carbons (Fsp3) is 0.435. The minimum atomic E-state index is -0.315. The quantitative estimate of drug-likeness (QED) is 0.462. The van der Waals surface area contributed by atoms with Gasteiger partial charge in [-0.2, -0.15) is 10.4 Å². The largest absolute Gasteiger partial charge is 0.465 e. The number of nitriles is 1. The van der Waals surface area contributed by atoms with Crippen molar-refractivity contribution in [2.45, 2.75) is 51.6 Å². The maximum absolute atomic E-state index is 11.9. The first-order valence-electron chi connectivity index (χ1n) is 11.1. The molecule has 0 unspecified atom stereocenters. The number of nitrogens with one attached hydrogen (secondary N) is 1. The number of hydrogen-bond acceptors (Lipinski definition) is 6. The molecule has 0 atom stereocenters. The zero-order valence-electron chi connectivity index (χ0n) is 18.0. The van der Waals surface area contributed by atoms with Gasteiger partial charge >= 0.3 is 5.97 Å². The van der Waals surface area contributed by atoms with E-state index in [2.05, 4.69) is 25.7 Å². The second kappa shape index (κ2) is 8.46. The van der Waals surface area contributed by atoms with Crippen LogP contribution in [0, 0.1) is 17.2 Å². The summed E-state index contributed by atoms with van der Waals surface area (Å²) >= 11 is 0. The third-order valence-electron chi connectivity index (χ3n) is 6.28. The minimum absolute atomic E-state index is 0.0664. The second-order valence-electron chi connectivity index (χ2n) is 8.31. The Hall–Kier alpha value is -3.67. The molecular formula is C23H25N7O2. The van der Waals surface area contributed by atoms with Gasteiger partial charge in [-0.1, -0.05) is 0 Å². The second-order valence-corrected chi connectivity index (χ2v) is 8.31. The first-order chi connectivity index (χ1) is 15.7. The number of aromatic amines is 1. The van der Waals surface area contributed by atoms with E-state index >= 15 is 0 Å². The molecule has 0 radical (unpaired) electrons. The van der Waals surface area contributed by atoms with Crippen LogP contribution in [0.15, 0.2) is 30.9 Å². The topological polar surface area (TPSA) is 114 Å². The van der Waals surface area contributed by atoms with Crippen LogP contribution in [0.5, 0.6) is 0 Å². The summed E-state index contributed by atoms with van der Waals surface area (Å²) in [4.78, 5) is 24.5. The van der Waals surface area contributed by atoms with Crippen molar-refractivity contribution in [2.75, 3.05) is 6.61 Å². The van der Waals surface area contributed by atoms with E-state index in [0.29, 0.717) is 18.9 Å². The average molecular weight is 432 g/mol. The Kier molecular flexibility index (Phi) is 5.35. The van der Waals surface area contributed by atoms with E-state index in [-0.39, 0.29) is 18.6 Å². The number of nitrogens with zero attached hydrogens (tertiary/aromatic N) is 6. The monoisotopic (exact) mass is 431 g/mol. The number of carbonyl (C=O) groups excluding carboxylic acids is 1. The van der Waals surface area contributed by atoms with Crippen molar-refractivity contribution in [3.8, 4) is 17.5 Å². The third-order valence-corrected chi connectivity index (χ3v) is 6.28. The fourth-order valence-corrected chi connectivity index (χ4v) is 4.79. The predicted octanol–water partition coefficient (Wildman–Crippen LogP) is 3.98. The molecule has 4 heterocycles. The van der Waals surface area contributed by atoms with E-state index in [9.17, 15) is 4.79 Å². The number of fused-ring (bicyclic) bond motifs is 3. The lowest BCUT2D eigenvalue weighted by Crippen LogP contribution is -2.19. The maximum atomic E-state index is 11.9. The van der Waals surface area contributed by atoms with Crippen molar-refractivity contribution in [1.29, 1.82) is 5.26 Å². The SMILES string of the molecule is CCOC(=O)Cn1cc(-c2nc3cnc4[nH]ccc4c3n2C2CCC(CC#N)CC2)cn1. The molecule has 9 heteroatoms. The first kappa shape index (κ1) is 20.2. The summed E-state index contributed by atoms with van der Waals surface area (Å²) in [5.74, 6) is 0.981. The van der Waals surface area contributed by atoms with Crippen LogP contribution in [0.25, 0.3) is 33.5 Å². The molecule has 32 heavy (non-hydrogen) atoms. The predicted molar refractivity (Wildman–Crippen MR) is 118 cm³/mol. The highest BCUT2D eigenvalue weighted by molar-refractivity contribution is 6.02. The summed E-state index contributed by atoms with van der Waals surface area (Å²) in [6.45, 7) is 2.20. The van der Waals surface area contributed by atoms with Crippen molar-refractivity contribution >= 4 is 28.0 Å². The molecular weight excluding hydrogens is 406 g/mol. The van der Waals surface area contributed by atoms with Crippen LogP contribution in [0.1, 0.15) is 45.1 Å². The van der Waals surface area contributed by atoms with Gasteiger partial charge in [0.05, 0.1) is 36.1 Å². The van der Waals surface area contributed by atoms with Gasteiger partial charge in [0.2, 0.25) is 0 Å². The third kappa shape index (κ3) is 3.62. The maximum Gasteiger partial charge on any atom is 0.327 e. The number of imidazole rings is 1. The number of pyridine rings is 1. The number of ether oxygens (including phenoxy) is 1. The van der Waals surface area contributed by atoms with Gasteiger partial charge in [0.15, 0.2) is 0 Å². The highest BCUT2D eigenvalue weighted by atomic mass is 16.5. The van der Waals surface area contributed by atoms with Gasteiger partial charge in [-0.25, -0.2) is 9.97 Å². The van der Waals surface area contributed by atoms with Gasteiger partial charge in [0.1, 0.15) is 23.5 Å². The Morgan fingerprint density at radius 2 is 2.16 bits per heavy atom. The summed E-state index contributed by atoms with van der Waals surface area (Å²) in [5, 5.41) is 14.5. The highest BCUT2D eigenvalue weighted by Gasteiger charge is 2.28. The molecule has 164 valence electrons. The molecule has 0 aromatic carbocycles. The molecule has 0 spiro atoms. The standard InChI is InChI=1S/C23H25N7O2/c1-2-32-20(31)14-29-13-16(11-27-29)23-28-19-12-26-22-18(8-10-25-22)21(19)30(23)17-5-3-15(4-6-17)7-9-24/h8,10-13,15,17H,2-7,14H2,1H3,(H,25,26). The molecule has 0 amide bonds. The number of aromatic nitrogens is 6. The minimum Gasteiger partial charge on any atom is -0.465 e. The molecule has 1 N–H and O–H groups in total. The van der Waals surface area contributed by atoms with E-state index < -0.39 is 0 Å². The van der Waals surface area contributed by atoms with Crippen LogP contribution in [0.3, 0.4) is 0 Å². The summed E-state index contributed by atoms with van der Waals surface area (Å²) in [7, 11) is 0. The molecule has 1 fully saturated rings. The Morgan fingerprint density at radius 1 is 1.31 bits per heavy atom. The Morgan fingerprint density at radius 3 is 2.94 bits per heavy atom. The fourth-order valence-electron chi connectivity index (χ4n) is 4.79. The van der Waals surface area contributed by atoms with Gasteiger partial charge in [-0.15, -0.1) is 0 Å². The Bertz CT molecular complexity index is 1300. The van der Waals surface area contributed by atoms with Gasteiger partial charge in [-0.3, -0.25) is 9.48 Å². The van der Waals surface area contributed by atoms with Crippen LogP contribution in [-0.4, -0.2) is 41.9 Å². The highest BCUT2D eigenvalue weighted by Crippen LogP contribution is 2.40. The van der Waals surface area contributed by atoms with Crippen molar-refractivity contribution in [1.82, 2.24) is 29.3 Å². The molecule has 0 bridgehead atoms. The van der Waals surface area contributed by atoms with Crippen molar-refractivity contribution in [3.63, 3.8) is 0 Å². The molecule has 9 nitrogen and oxygen atoms in total. The van der Waals surface area contributed by atoms with Crippen LogP contribution in [-0.2, 0) is 16.1 Å². The molecule has 5 rings (SSSR count). The molecule has 1 aliphatic carbocycles. The first-order valence-corrected chi connectivity index (χ1v) is 11.1. The summed E-state index contributed by atoms with van der Waals surface area (Å²) in [5.41, 5.74) is 3.59.